The SMILES string of the molecule is O=C(N1CC2CCCC2C1)C1(O)c2ccccc2-c2ccccc21.O=CNC(C[C@@H]1CCNC1=O)C(=O)CO.[HH]. The van der Waals surface area contributed by atoms with E-state index in [0.717, 1.165) is 35.3 Å². The van der Waals surface area contributed by atoms with Gasteiger partial charge in [-0.05, 0) is 48.6 Å². The lowest BCUT2D eigenvalue weighted by molar-refractivity contribution is -0.147. The van der Waals surface area contributed by atoms with Gasteiger partial charge < -0.3 is 25.7 Å². The summed E-state index contributed by atoms with van der Waals surface area (Å²) in [7, 11) is 0. The number of hydrogen-bond acceptors (Lipinski definition) is 6. The first-order valence-corrected chi connectivity index (χ1v) is 13.7. The zero-order valence-electron chi connectivity index (χ0n) is 21.8. The lowest BCUT2D eigenvalue weighted by atomic mass is 9.90. The highest BCUT2D eigenvalue weighted by atomic mass is 16.3. The number of benzene rings is 2. The molecule has 2 heterocycles. The fraction of sp³-hybridized carbons (Fsp3) is 0.467. The van der Waals surface area contributed by atoms with Crippen LogP contribution in [-0.4, -0.2) is 71.4 Å². The Morgan fingerprint density at radius 3 is 2.15 bits per heavy atom. The van der Waals surface area contributed by atoms with Gasteiger partial charge in [-0.15, -0.1) is 0 Å². The van der Waals surface area contributed by atoms with Gasteiger partial charge in [-0.25, -0.2) is 0 Å². The highest BCUT2D eigenvalue weighted by Crippen LogP contribution is 2.49. The van der Waals surface area contributed by atoms with Crippen LogP contribution in [0.1, 0.15) is 44.7 Å². The number of amides is 3. The molecule has 0 radical (unpaired) electrons. The van der Waals surface area contributed by atoms with Gasteiger partial charge in [0.1, 0.15) is 6.61 Å². The molecule has 2 saturated heterocycles. The van der Waals surface area contributed by atoms with Gasteiger partial charge in [0.05, 0.1) is 6.04 Å². The Morgan fingerprint density at radius 2 is 1.64 bits per heavy atom. The molecule has 2 aliphatic heterocycles. The molecule has 4 N–H and O–H groups in total. The molecular weight excluding hydrogens is 498 g/mol. The maximum absolute atomic E-state index is 13.4. The minimum Gasteiger partial charge on any atom is -0.389 e. The van der Waals surface area contributed by atoms with Crippen molar-refractivity contribution >= 4 is 24.0 Å². The third-order valence-electron chi connectivity index (χ3n) is 8.74. The fourth-order valence-electron chi connectivity index (χ4n) is 6.71. The number of Topliss-reactive ketones (excluding diaryl/α,β-unsaturated/α-hetero) is 1. The topological polar surface area (TPSA) is 136 Å². The van der Waals surface area contributed by atoms with Crippen molar-refractivity contribution in [1.29, 1.82) is 0 Å². The predicted octanol–water partition coefficient (Wildman–Crippen LogP) is 1.60. The second-order valence-corrected chi connectivity index (χ2v) is 10.9. The maximum atomic E-state index is 13.4. The van der Waals surface area contributed by atoms with Crippen molar-refractivity contribution < 1.29 is 30.8 Å². The van der Waals surface area contributed by atoms with E-state index in [9.17, 15) is 24.3 Å². The number of likely N-dealkylation sites (tertiary alicyclic amines) is 1. The summed E-state index contributed by atoms with van der Waals surface area (Å²) in [5.41, 5.74) is 1.87. The third-order valence-corrected chi connectivity index (χ3v) is 8.74. The van der Waals surface area contributed by atoms with E-state index in [-0.39, 0.29) is 25.6 Å². The summed E-state index contributed by atoms with van der Waals surface area (Å²) in [5, 5.41) is 25.2. The Labute approximate surface area is 229 Å². The van der Waals surface area contributed by atoms with Gasteiger partial charge in [0, 0.05) is 38.1 Å². The average Bonchev–Trinajstić information content (AvgIpc) is 3.73. The first-order chi connectivity index (χ1) is 18.9. The molecule has 9 heteroatoms. The van der Waals surface area contributed by atoms with Crippen molar-refractivity contribution in [3.05, 3.63) is 59.7 Å². The van der Waals surface area contributed by atoms with Crippen LogP contribution in [0.25, 0.3) is 11.1 Å². The zero-order valence-corrected chi connectivity index (χ0v) is 21.8. The Balaban J connectivity index is 0.000000202. The van der Waals surface area contributed by atoms with Gasteiger partial charge in [0.15, 0.2) is 11.4 Å². The summed E-state index contributed by atoms with van der Waals surface area (Å²) in [6, 6.07) is 14.8. The standard InChI is InChI=1S/C21H21NO2.C9H14N2O4.H2/c23-20(22-12-14-6-5-7-15(14)13-22)21(24)18-10-3-1-8-16(18)17-9-2-4-11-19(17)21;12-4-8(14)7(11-5-13)3-6-1-2-10-9(6)15;/h1-4,8-11,14-15,24H,5-7,12-13H2;5-7,12H,1-4H2,(H,10,15)(H,11,13);1H/t;6-,7?;/m.0./s1. The lowest BCUT2D eigenvalue weighted by Gasteiger charge is -2.30. The van der Waals surface area contributed by atoms with E-state index in [1.54, 1.807) is 0 Å². The zero-order chi connectivity index (χ0) is 27.6. The molecule has 3 amide bonds. The molecule has 1 saturated carbocycles. The monoisotopic (exact) mass is 535 g/mol. The van der Waals surface area contributed by atoms with Crippen molar-refractivity contribution in [3.63, 3.8) is 0 Å². The maximum Gasteiger partial charge on any atom is 0.264 e. The third kappa shape index (κ3) is 4.96. The van der Waals surface area contributed by atoms with Gasteiger partial charge in [0.25, 0.3) is 5.91 Å². The van der Waals surface area contributed by atoms with Gasteiger partial charge in [-0.1, -0.05) is 55.0 Å². The number of carbonyl (C=O) groups is 4. The van der Waals surface area contributed by atoms with E-state index < -0.39 is 24.0 Å². The van der Waals surface area contributed by atoms with Gasteiger partial charge in [-0.3, -0.25) is 19.2 Å². The molecule has 4 aliphatic rings. The quantitative estimate of drug-likeness (QED) is 0.398. The molecule has 0 bridgehead atoms. The summed E-state index contributed by atoms with van der Waals surface area (Å²) in [5.74, 6) is 0.293. The second kappa shape index (κ2) is 11.3. The number of aliphatic hydroxyl groups is 2. The Morgan fingerprint density at radius 1 is 1.05 bits per heavy atom. The number of hydrogen-bond donors (Lipinski definition) is 4. The van der Waals surface area contributed by atoms with Crippen molar-refractivity contribution in [2.24, 2.45) is 17.8 Å². The number of aliphatic hydroxyl groups excluding tert-OH is 1. The molecule has 2 aromatic rings. The summed E-state index contributed by atoms with van der Waals surface area (Å²) < 4.78 is 0. The Kier molecular flexibility index (Phi) is 7.81. The van der Waals surface area contributed by atoms with Crippen LogP contribution in [0.3, 0.4) is 0 Å². The van der Waals surface area contributed by atoms with Crippen molar-refractivity contribution in [2.75, 3.05) is 26.2 Å². The van der Waals surface area contributed by atoms with Crippen molar-refractivity contribution in [1.82, 2.24) is 15.5 Å². The minimum absolute atomic E-state index is 0. The summed E-state index contributed by atoms with van der Waals surface area (Å²) in [6.07, 6.45) is 5.05. The molecule has 6 rings (SSSR count). The van der Waals surface area contributed by atoms with E-state index in [1.807, 2.05) is 53.4 Å². The van der Waals surface area contributed by atoms with E-state index in [4.69, 9.17) is 5.11 Å². The van der Waals surface area contributed by atoms with Crippen LogP contribution in [0.15, 0.2) is 48.5 Å². The molecular formula is C30H37N3O6. The van der Waals surface area contributed by atoms with Crippen LogP contribution >= 0.6 is 0 Å². The number of carbonyl (C=O) groups excluding carboxylic acids is 4. The second-order valence-electron chi connectivity index (χ2n) is 10.9. The molecule has 0 aromatic heterocycles. The van der Waals surface area contributed by atoms with Gasteiger partial charge in [-0.2, -0.15) is 0 Å². The summed E-state index contributed by atoms with van der Waals surface area (Å²) >= 11 is 0. The number of nitrogens with zero attached hydrogens (tertiary/aromatic N) is 1. The normalized spacial score (nSPS) is 24.5. The minimum atomic E-state index is -1.54. The molecule has 0 spiro atoms. The van der Waals surface area contributed by atoms with E-state index >= 15 is 0 Å². The molecule has 3 fully saturated rings. The molecule has 3 unspecified atom stereocenters. The van der Waals surface area contributed by atoms with Crippen LogP contribution in [0.5, 0.6) is 0 Å². The van der Waals surface area contributed by atoms with Crippen LogP contribution in [0, 0.1) is 17.8 Å². The molecule has 9 nitrogen and oxygen atoms in total. The van der Waals surface area contributed by atoms with Gasteiger partial charge >= 0.3 is 0 Å². The first kappa shape index (κ1) is 27.0. The van der Waals surface area contributed by atoms with Crippen LogP contribution in [0.4, 0.5) is 0 Å². The number of nitrogens with one attached hydrogen (secondary N) is 2. The first-order valence-electron chi connectivity index (χ1n) is 13.7. The highest BCUT2D eigenvalue weighted by Gasteiger charge is 2.51. The summed E-state index contributed by atoms with van der Waals surface area (Å²) in [6.45, 7) is 1.58. The number of rotatable bonds is 7. The largest absolute Gasteiger partial charge is 0.389 e. The molecule has 39 heavy (non-hydrogen) atoms. The predicted molar refractivity (Wildman–Crippen MR) is 145 cm³/mol. The molecule has 2 aliphatic carbocycles. The van der Waals surface area contributed by atoms with Crippen molar-refractivity contribution in [2.45, 2.75) is 43.7 Å². The smallest absolute Gasteiger partial charge is 0.264 e. The van der Waals surface area contributed by atoms with Crippen LogP contribution in [-0.2, 0) is 24.8 Å². The molecule has 2 aromatic carbocycles. The van der Waals surface area contributed by atoms with Crippen LogP contribution in [0.2, 0.25) is 0 Å². The van der Waals surface area contributed by atoms with E-state index in [1.165, 1.54) is 19.3 Å². The number of fused-ring (bicyclic) bond motifs is 4. The number of ketones is 1. The van der Waals surface area contributed by atoms with Gasteiger partial charge in [0.2, 0.25) is 12.3 Å². The summed E-state index contributed by atoms with van der Waals surface area (Å²) in [4.78, 5) is 48.0. The van der Waals surface area contributed by atoms with E-state index in [2.05, 4.69) is 10.6 Å². The Bertz CT molecular complexity index is 1210. The van der Waals surface area contributed by atoms with Crippen LogP contribution < -0.4 is 10.6 Å². The van der Waals surface area contributed by atoms with Crippen molar-refractivity contribution in [3.8, 4) is 11.1 Å². The average molecular weight is 536 g/mol. The molecule has 4 atom stereocenters. The lowest BCUT2D eigenvalue weighted by Crippen LogP contribution is -2.46. The fourth-order valence-corrected chi connectivity index (χ4v) is 6.71. The Hall–Kier alpha value is -3.56. The molecule has 208 valence electrons. The van der Waals surface area contributed by atoms with E-state index in [0.29, 0.717) is 31.2 Å². The highest BCUT2D eigenvalue weighted by molar-refractivity contribution is 5.99.